The molecule has 1 aliphatic heterocycles. The Hall–Kier alpha value is -0.150. The summed E-state index contributed by atoms with van der Waals surface area (Å²) in [6, 6.07) is 0.587. The van der Waals surface area contributed by atoms with E-state index in [0.717, 1.165) is 18.8 Å². The molecule has 1 fully saturated rings. The van der Waals surface area contributed by atoms with Crippen LogP contribution in [0.3, 0.4) is 0 Å². The van der Waals surface area contributed by atoms with Gasteiger partial charge in [-0.2, -0.15) is 0 Å². The van der Waals surface area contributed by atoms with Crippen molar-refractivity contribution in [3.05, 3.63) is 0 Å². The van der Waals surface area contributed by atoms with Crippen LogP contribution in [0.5, 0.6) is 0 Å². The van der Waals surface area contributed by atoms with Crippen LogP contribution >= 0.6 is 12.2 Å². The van der Waals surface area contributed by atoms with E-state index in [4.69, 9.17) is 18.0 Å². The first kappa shape index (κ1) is 11.9. The van der Waals surface area contributed by atoms with Crippen molar-refractivity contribution >= 4 is 17.2 Å². The number of nitrogens with zero attached hydrogens (tertiary/aromatic N) is 1. The molecule has 0 spiro atoms. The Morgan fingerprint density at radius 1 is 1.57 bits per heavy atom. The van der Waals surface area contributed by atoms with Crippen molar-refractivity contribution in [1.82, 2.24) is 4.90 Å². The topological polar surface area (TPSA) is 29.3 Å². The van der Waals surface area contributed by atoms with Gasteiger partial charge in [-0.1, -0.05) is 32.5 Å². The van der Waals surface area contributed by atoms with Crippen LogP contribution in [0.25, 0.3) is 0 Å². The van der Waals surface area contributed by atoms with Gasteiger partial charge >= 0.3 is 0 Å². The fourth-order valence-electron chi connectivity index (χ4n) is 2.29. The number of rotatable bonds is 5. The van der Waals surface area contributed by atoms with E-state index in [9.17, 15) is 0 Å². The highest BCUT2D eigenvalue weighted by molar-refractivity contribution is 7.80. The molecule has 0 aromatic rings. The second-order valence-electron chi connectivity index (χ2n) is 4.29. The number of thiocarbonyl (C=S) groups is 1. The van der Waals surface area contributed by atoms with Crippen molar-refractivity contribution in [2.75, 3.05) is 13.1 Å². The van der Waals surface area contributed by atoms with E-state index in [1.165, 1.54) is 25.9 Å². The second kappa shape index (κ2) is 5.66. The highest BCUT2D eigenvalue weighted by atomic mass is 32.1. The molecule has 0 radical (unpaired) electrons. The van der Waals surface area contributed by atoms with Gasteiger partial charge in [0, 0.05) is 19.0 Å². The Kier molecular flexibility index (Phi) is 4.82. The maximum atomic E-state index is 5.61. The zero-order valence-corrected chi connectivity index (χ0v) is 10.1. The van der Waals surface area contributed by atoms with E-state index in [2.05, 4.69) is 18.7 Å². The summed E-state index contributed by atoms with van der Waals surface area (Å²) in [7, 11) is 0. The zero-order chi connectivity index (χ0) is 10.6. The van der Waals surface area contributed by atoms with Crippen LogP contribution in [0.2, 0.25) is 0 Å². The van der Waals surface area contributed by atoms with Crippen LogP contribution in [0, 0.1) is 5.92 Å². The zero-order valence-electron chi connectivity index (χ0n) is 9.33. The first-order valence-corrected chi connectivity index (χ1v) is 6.10. The molecule has 0 bridgehead atoms. The Balaban J connectivity index is 2.42. The fraction of sp³-hybridized carbons (Fsp3) is 0.909. The van der Waals surface area contributed by atoms with Crippen LogP contribution in [0.15, 0.2) is 0 Å². The standard InChI is InChI=1S/C11H22N2S/c1-3-9-5-6-13(8-9)10(4-2)7-11(12)14/h9-10H,3-8H2,1-2H3,(H2,12,14). The van der Waals surface area contributed by atoms with E-state index in [1.54, 1.807) is 0 Å². The van der Waals surface area contributed by atoms with E-state index < -0.39 is 0 Å². The van der Waals surface area contributed by atoms with Gasteiger partial charge in [0.2, 0.25) is 0 Å². The van der Waals surface area contributed by atoms with Crippen LogP contribution in [-0.2, 0) is 0 Å². The Bertz CT molecular complexity index is 194. The summed E-state index contributed by atoms with van der Waals surface area (Å²) in [6.07, 6.45) is 4.71. The van der Waals surface area contributed by atoms with Crippen molar-refractivity contribution in [2.45, 2.75) is 45.6 Å². The van der Waals surface area contributed by atoms with E-state index in [-0.39, 0.29) is 0 Å². The smallest absolute Gasteiger partial charge is 0.0743 e. The van der Waals surface area contributed by atoms with Gasteiger partial charge < -0.3 is 5.73 Å². The molecule has 3 heteroatoms. The van der Waals surface area contributed by atoms with Crippen LogP contribution in [0.1, 0.15) is 39.5 Å². The molecule has 0 saturated carbocycles. The molecule has 2 N–H and O–H groups in total. The first-order valence-electron chi connectivity index (χ1n) is 5.69. The monoisotopic (exact) mass is 214 g/mol. The van der Waals surface area contributed by atoms with Crippen LogP contribution < -0.4 is 5.73 Å². The third-order valence-corrected chi connectivity index (χ3v) is 3.49. The number of hydrogen-bond acceptors (Lipinski definition) is 2. The summed E-state index contributed by atoms with van der Waals surface area (Å²) in [4.78, 5) is 3.23. The van der Waals surface area contributed by atoms with Gasteiger partial charge in [-0.05, 0) is 25.3 Å². The van der Waals surface area contributed by atoms with E-state index >= 15 is 0 Å². The Morgan fingerprint density at radius 2 is 2.29 bits per heavy atom. The molecule has 0 aromatic carbocycles. The molecule has 2 unspecified atom stereocenters. The van der Waals surface area contributed by atoms with Crippen LogP contribution in [0.4, 0.5) is 0 Å². The van der Waals surface area contributed by atoms with Crippen molar-refractivity contribution in [1.29, 1.82) is 0 Å². The third kappa shape index (κ3) is 3.21. The van der Waals surface area contributed by atoms with Gasteiger partial charge in [0.25, 0.3) is 0 Å². The predicted molar refractivity (Wildman–Crippen MR) is 65.5 cm³/mol. The maximum absolute atomic E-state index is 5.61. The predicted octanol–water partition coefficient (Wildman–Crippen LogP) is 2.17. The molecule has 0 aromatic heterocycles. The van der Waals surface area contributed by atoms with Gasteiger partial charge in [0.15, 0.2) is 0 Å². The summed E-state index contributed by atoms with van der Waals surface area (Å²) < 4.78 is 0. The molecule has 82 valence electrons. The second-order valence-corrected chi connectivity index (χ2v) is 4.81. The van der Waals surface area contributed by atoms with Gasteiger partial charge in [-0.3, -0.25) is 4.90 Å². The molecular formula is C11H22N2S. The molecule has 1 saturated heterocycles. The Labute approximate surface area is 92.8 Å². The third-order valence-electron chi connectivity index (χ3n) is 3.32. The van der Waals surface area contributed by atoms with Crippen molar-refractivity contribution in [3.63, 3.8) is 0 Å². The average Bonchev–Trinajstić information content (AvgIpc) is 2.62. The van der Waals surface area contributed by atoms with Crippen LogP contribution in [-0.4, -0.2) is 29.0 Å². The molecule has 0 amide bonds. The van der Waals surface area contributed by atoms with Crippen molar-refractivity contribution < 1.29 is 0 Å². The van der Waals surface area contributed by atoms with Gasteiger partial charge in [0.1, 0.15) is 0 Å². The maximum Gasteiger partial charge on any atom is 0.0743 e. The molecule has 2 nitrogen and oxygen atoms in total. The van der Waals surface area contributed by atoms with Gasteiger partial charge in [-0.15, -0.1) is 0 Å². The normalized spacial score (nSPS) is 25.1. The lowest BCUT2D eigenvalue weighted by Gasteiger charge is -2.26. The summed E-state index contributed by atoms with van der Waals surface area (Å²) >= 11 is 4.98. The fourth-order valence-corrected chi connectivity index (χ4v) is 2.48. The van der Waals surface area contributed by atoms with Gasteiger partial charge in [-0.25, -0.2) is 0 Å². The number of hydrogen-bond donors (Lipinski definition) is 1. The minimum atomic E-state index is 0.587. The number of nitrogens with two attached hydrogens (primary N) is 1. The minimum Gasteiger partial charge on any atom is -0.393 e. The largest absolute Gasteiger partial charge is 0.393 e. The molecule has 0 aliphatic carbocycles. The quantitative estimate of drug-likeness (QED) is 0.711. The SMILES string of the molecule is CCC1CCN(C(CC)CC(N)=S)C1. The van der Waals surface area contributed by atoms with E-state index in [1.807, 2.05) is 0 Å². The highest BCUT2D eigenvalue weighted by Gasteiger charge is 2.26. The number of likely N-dealkylation sites (tertiary alicyclic amines) is 1. The molecule has 1 rings (SSSR count). The summed E-state index contributed by atoms with van der Waals surface area (Å²) in [5.41, 5.74) is 5.61. The molecule has 14 heavy (non-hydrogen) atoms. The lowest BCUT2D eigenvalue weighted by atomic mass is 10.1. The minimum absolute atomic E-state index is 0.587. The lowest BCUT2D eigenvalue weighted by Crippen LogP contribution is -2.35. The summed E-state index contributed by atoms with van der Waals surface area (Å²) in [5, 5.41) is 0. The highest BCUT2D eigenvalue weighted by Crippen LogP contribution is 2.23. The summed E-state index contributed by atoms with van der Waals surface area (Å²) in [5.74, 6) is 0.899. The lowest BCUT2D eigenvalue weighted by molar-refractivity contribution is 0.232. The molecular weight excluding hydrogens is 192 g/mol. The average molecular weight is 214 g/mol. The van der Waals surface area contributed by atoms with Gasteiger partial charge in [0.05, 0.1) is 4.99 Å². The van der Waals surface area contributed by atoms with Crippen molar-refractivity contribution in [2.24, 2.45) is 11.7 Å². The van der Waals surface area contributed by atoms with Crippen molar-refractivity contribution in [3.8, 4) is 0 Å². The van der Waals surface area contributed by atoms with E-state index in [0.29, 0.717) is 11.0 Å². The molecule has 1 heterocycles. The first-order chi connectivity index (χ1) is 6.67. The summed E-state index contributed by atoms with van der Waals surface area (Å²) in [6.45, 7) is 6.99. The Morgan fingerprint density at radius 3 is 2.71 bits per heavy atom. The molecule has 1 aliphatic rings. The molecule has 2 atom stereocenters.